The molecule has 1 aromatic carbocycles. The minimum absolute atomic E-state index is 0.236. The molecule has 4 heteroatoms. The first-order chi connectivity index (χ1) is 8.11. The van der Waals surface area contributed by atoms with Crippen LogP contribution in [0.25, 0.3) is 11.0 Å². The van der Waals surface area contributed by atoms with Gasteiger partial charge in [0, 0.05) is 18.0 Å². The summed E-state index contributed by atoms with van der Waals surface area (Å²) in [4.78, 5) is 0. The van der Waals surface area contributed by atoms with E-state index in [0.29, 0.717) is 13.1 Å². The molecule has 1 atom stereocenters. The van der Waals surface area contributed by atoms with Gasteiger partial charge in [0.05, 0.1) is 6.54 Å². The SMILES string of the molecule is Cc1c(CNC(C)CN)oc2ccc(F)cc12. The van der Waals surface area contributed by atoms with Crippen LogP contribution in [0, 0.1) is 12.7 Å². The number of hydrogen-bond acceptors (Lipinski definition) is 3. The number of aryl methyl sites for hydroxylation is 1. The molecule has 0 aliphatic heterocycles. The molecule has 0 fully saturated rings. The monoisotopic (exact) mass is 236 g/mol. The predicted octanol–water partition coefficient (Wildman–Crippen LogP) is 2.32. The Balaban J connectivity index is 2.26. The highest BCUT2D eigenvalue weighted by Gasteiger charge is 2.11. The van der Waals surface area contributed by atoms with Gasteiger partial charge >= 0.3 is 0 Å². The first-order valence-electron chi connectivity index (χ1n) is 5.72. The topological polar surface area (TPSA) is 51.2 Å². The number of nitrogens with one attached hydrogen (secondary N) is 1. The molecule has 17 heavy (non-hydrogen) atoms. The minimum atomic E-state index is -0.240. The number of benzene rings is 1. The van der Waals surface area contributed by atoms with Crippen molar-refractivity contribution < 1.29 is 8.81 Å². The molecule has 0 spiro atoms. The summed E-state index contributed by atoms with van der Waals surface area (Å²) in [6, 6.07) is 4.81. The number of hydrogen-bond donors (Lipinski definition) is 2. The zero-order valence-electron chi connectivity index (χ0n) is 10.1. The highest BCUT2D eigenvalue weighted by molar-refractivity contribution is 5.82. The van der Waals surface area contributed by atoms with Gasteiger partial charge in [0.2, 0.25) is 0 Å². The van der Waals surface area contributed by atoms with Gasteiger partial charge in [0.15, 0.2) is 0 Å². The Morgan fingerprint density at radius 3 is 2.94 bits per heavy atom. The van der Waals surface area contributed by atoms with Crippen molar-refractivity contribution in [3.05, 3.63) is 35.3 Å². The lowest BCUT2D eigenvalue weighted by molar-refractivity contribution is 0.475. The van der Waals surface area contributed by atoms with E-state index in [1.54, 1.807) is 6.07 Å². The van der Waals surface area contributed by atoms with E-state index < -0.39 is 0 Å². The lowest BCUT2D eigenvalue weighted by Gasteiger charge is -2.09. The average molecular weight is 236 g/mol. The van der Waals surface area contributed by atoms with Gasteiger partial charge in [-0.3, -0.25) is 0 Å². The number of nitrogens with two attached hydrogens (primary N) is 1. The van der Waals surface area contributed by atoms with Crippen LogP contribution >= 0.6 is 0 Å². The van der Waals surface area contributed by atoms with Gasteiger partial charge in [-0.2, -0.15) is 0 Å². The molecule has 0 amide bonds. The molecule has 1 heterocycles. The van der Waals surface area contributed by atoms with E-state index in [9.17, 15) is 4.39 Å². The largest absolute Gasteiger partial charge is 0.459 e. The van der Waals surface area contributed by atoms with Crippen LogP contribution in [-0.2, 0) is 6.54 Å². The number of rotatable bonds is 4. The van der Waals surface area contributed by atoms with Crippen LogP contribution in [0.5, 0.6) is 0 Å². The summed E-state index contributed by atoms with van der Waals surface area (Å²) < 4.78 is 18.8. The lowest BCUT2D eigenvalue weighted by atomic mass is 10.1. The van der Waals surface area contributed by atoms with Crippen molar-refractivity contribution >= 4 is 11.0 Å². The molecule has 0 saturated carbocycles. The summed E-state index contributed by atoms with van der Waals surface area (Å²) in [6.45, 7) is 5.14. The molecule has 3 N–H and O–H groups in total. The fraction of sp³-hybridized carbons (Fsp3) is 0.385. The molecule has 0 radical (unpaired) electrons. The van der Waals surface area contributed by atoms with Gasteiger partial charge in [-0.15, -0.1) is 0 Å². The second-order valence-electron chi connectivity index (χ2n) is 4.31. The summed E-state index contributed by atoms with van der Waals surface area (Å²) in [5.41, 5.74) is 7.23. The van der Waals surface area contributed by atoms with Crippen LogP contribution in [-0.4, -0.2) is 12.6 Å². The van der Waals surface area contributed by atoms with E-state index in [-0.39, 0.29) is 11.9 Å². The van der Waals surface area contributed by atoms with Crippen molar-refractivity contribution in [3.63, 3.8) is 0 Å². The normalized spacial score (nSPS) is 13.2. The zero-order valence-corrected chi connectivity index (χ0v) is 10.1. The Morgan fingerprint density at radius 1 is 1.47 bits per heavy atom. The van der Waals surface area contributed by atoms with Crippen LogP contribution < -0.4 is 11.1 Å². The Kier molecular flexibility index (Phi) is 3.45. The lowest BCUT2D eigenvalue weighted by Crippen LogP contribution is -2.32. The van der Waals surface area contributed by atoms with Crippen LogP contribution in [0.4, 0.5) is 4.39 Å². The van der Waals surface area contributed by atoms with Crippen molar-refractivity contribution in [2.75, 3.05) is 6.54 Å². The van der Waals surface area contributed by atoms with Gasteiger partial charge < -0.3 is 15.5 Å². The molecule has 1 unspecified atom stereocenters. The highest BCUT2D eigenvalue weighted by Crippen LogP contribution is 2.25. The minimum Gasteiger partial charge on any atom is -0.459 e. The maximum absolute atomic E-state index is 13.1. The van der Waals surface area contributed by atoms with Gasteiger partial charge in [-0.05, 0) is 37.6 Å². The molecule has 1 aromatic heterocycles. The quantitative estimate of drug-likeness (QED) is 0.856. The third-order valence-corrected chi connectivity index (χ3v) is 2.96. The molecule has 0 saturated heterocycles. The van der Waals surface area contributed by atoms with Crippen LogP contribution in [0.3, 0.4) is 0 Å². The molecule has 2 rings (SSSR count). The van der Waals surface area contributed by atoms with Crippen LogP contribution in [0.1, 0.15) is 18.2 Å². The zero-order chi connectivity index (χ0) is 12.4. The van der Waals surface area contributed by atoms with E-state index >= 15 is 0 Å². The van der Waals surface area contributed by atoms with E-state index in [2.05, 4.69) is 5.32 Å². The van der Waals surface area contributed by atoms with E-state index in [0.717, 1.165) is 22.3 Å². The Bertz CT molecular complexity index is 521. The van der Waals surface area contributed by atoms with E-state index in [4.69, 9.17) is 10.2 Å². The van der Waals surface area contributed by atoms with Gasteiger partial charge in [-0.25, -0.2) is 4.39 Å². The Labute approximate surface area is 99.8 Å². The molecule has 0 aliphatic carbocycles. The standard InChI is InChI=1S/C13H17FN2O/c1-8(6-15)16-7-13-9(2)11-5-10(14)3-4-12(11)17-13/h3-5,8,16H,6-7,15H2,1-2H3. The molecule has 92 valence electrons. The molecular weight excluding hydrogens is 219 g/mol. The van der Waals surface area contributed by atoms with Crippen molar-refractivity contribution in [2.24, 2.45) is 5.73 Å². The predicted molar refractivity (Wildman–Crippen MR) is 66.3 cm³/mol. The third-order valence-electron chi connectivity index (χ3n) is 2.96. The number of fused-ring (bicyclic) bond motifs is 1. The number of furan rings is 1. The highest BCUT2D eigenvalue weighted by atomic mass is 19.1. The molecule has 3 nitrogen and oxygen atoms in total. The fourth-order valence-electron chi connectivity index (χ4n) is 1.76. The Hall–Kier alpha value is -1.39. The first kappa shape index (κ1) is 12.1. The molecular formula is C13H17FN2O. The summed E-state index contributed by atoms with van der Waals surface area (Å²) in [7, 11) is 0. The van der Waals surface area contributed by atoms with Crippen molar-refractivity contribution in [2.45, 2.75) is 26.4 Å². The summed E-state index contributed by atoms with van der Waals surface area (Å²) in [5.74, 6) is 0.599. The number of halogens is 1. The summed E-state index contributed by atoms with van der Waals surface area (Å²) in [5, 5.41) is 4.09. The van der Waals surface area contributed by atoms with E-state index in [1.807, 2.05) is 13.8 Å². The smallest absolute Gasteiger partial charge is 0.134 e. The molecule has 0 aliphatic rings. The second kappa shape index (κ2) is 4.85. The van der Waals surface area contributed by atoms with E-state index in [1.165, 1.54) is 12.1 Å². The summed E-state index contributed by atoms with van der Waals surface area (Å²) >= 11 is 0. The summed E-state index contributed by atoms with van der Waals surface area (Å²) in [6.07, 6.45) is 0. The first-order valence-corrected chi connectivity index (χ1v) is 5.72. The molecule has 2 aromatic rings. The van der Waals surface area contributed by atoms with Crippen molar-refractivity contribution in [3.8, 4) is 0 Å². The molecule has 0 bridgehead atoms. The van der Waals surface area contributed by atoms with Crippen molar-refractivity contribution in [1.29, 1.82) is 0 Å². The van der Waals surface area contributed by atoms with Crippen LogP contribution in [0.15, 0.2) is 22.6 Å². The van der Waals surface area contributed by atoms with Crippen LogP contribution in [0.2, 0.25) is 0 Å². The van der Waals surface area contributed by atoms with Gasteiger partial charge in [0.1, 0.15) is 17.2 Å². The third kappa shape index (κ3) is 2.48. The average Bonchev–Trinajstić information content (AvgIpc) is 2.63. The maximum Gasteiger partial charge on any atom is 0.134 e. The Morgan fingerprint density at radius 2 is 2.24 bits per heavy atom. The van der Waals surface area contributed by atoms with Gasteiger partial charge in [0.25, 0.3) is 0 Å². The maximum atomic E-state index is 13.1. The second-order valence-corrected chi connectivity index (χ2v) is 4.31. The van der Waals surface area contributed by atoms with Gasteiger partial charge in [-0.1, -0.05) is 0 Å². The fourth-order valence-corrected chi connectivity index (χ4v) is 1.76. The van der Waals surface area contributed by atoms with Crippen molar-refractivity contribution in [1.82, 2.24) is 5.32 Å².